The standard InChI is InChI=1S/C39H3F18N9/c40-34(41,42)22-1-13(4-58)31(37(49,50)51)19(10-64)25(22)16(7-61)28-29(17(8-62)26-20(11-65)32(38(52,53)54)14(5-59)2-23(26)35(43,44)45)30(28)18(9-63)27-21(12-66)33(39(55,56)57)15(6-60)3-24(27)36(46,47)48/h1-3H. The van der Waals surface area contributed by atoms with E-state index >= 15 is 0 Å². The third-order valence-corrected chi connectivity index (χ3v) is 8.97. The summed E-state index contributed by atoms with van der Waals surface area (Å²) in [6.07, 6.45) is -36.8. The number of hydrogen-bond acceptors (Lipinski definition) is 9. The van der Waals surface area contributed by atoms with Gasteiger partial charge in [0.05, 0.1) is 102 Å². The van der Waals surface area contributed by atoms with Crippen LogP contribution in [0.4, 0.5) is 79.0 Å². The van der Waals surface area contributed by atoms with Crippen molar-refractivity contribution in [2.45, 2.75) is 37.1 Å². The lowest BCUT2D eigenvalue weighted by Gasteiger charge is -2.19. The van der Waals surface area contributed by atoms with Gasteiger partial charge in [0.15, 0.2) is 0 Å². The van der Waals surface area contributed by atoms with Crippen LogP contribution in [-0.4, -0.2) is 0 Å². The molecule has 27 heteroatoms. The van der Waals surface area contributed by atoms with E-state index in [0.717, 1.165) is 18.2 Å². The predicted octanol–water partition coefficient (Wildman–Crippen LogP) is 11.3. The normalized spacial score (nSPS) is 12.8. The van der Waals surface area contributed by atoms with Crippen LogP contribution in [0.2, 0.25) is 0 Å². The first kappa shape index (κ1) is 49.7. The quantitative estimate of drug-likeness (QED) is 0.180. The third-order valence-electron chi connectivity index (χ3n) is 8.97. The van der Waals surface area contributed by atoms with E-state index < -0.39 is 172 Å². The van der Waals surface area contributed by atoms with Crippen molar-refractivity contribution in [1.29, 1.82) is 47.4 Å². The molecule has 1 aliphatic rings. The molecule has 0 saturated heterocycles. The van der Waals surface area contributed by atoms with E-state index in [1.165, 1.54) is 0 Å². The van der Waals surface area contributed by atoms with E-state index in [-0.39, 0.29) is 0 Å². The number of benzene rings is 3. The predicted molar refractivity (Wildman–Crippen MR) is 175 cm³/mol. The molecule has 3 aromatic rings. The molecule has 1 saturated carbocycles. The van der Waals surface area contributed by atoms with Gasteiger partial charge in [-0.2, -0.15) is 126 Å². The smallest absolute Gasteiger partial charge is 0.192 e. The number of nitrogens with zero attached hydrogens (tertiary/aromatic N) is 9. The summed E-state index contributed by atoms with van der Waals surface area (Å²) in [5, 5.41) is 88.5. The van der Waals surface area contributed by atoms with Gasteiger partial charge in [-0.05, 0) is 18.2 Å². The first-order valence-electron chi connectivity index (χ1n) is 16.1. The highest BCUT2D eigenvalue weighted by Crippen LogP contribution is 2.60. The Balaban J connectivity index is 2.70. The summed E-state index contributed by atoms with van der Waals surface area (Å²) in [7, 11) is 0. The van der Waals surface area contributed by atoms with Gasteiger partial charge in [-0.25, -0.2) is 0 Å². The molecule has 1 fully saturated rings. The number of halogens is 18. The molecule has 0 amide bonds. The topological polar surface area (TPSA) is 214 Å². The van der Waals surface area contributed by atoms with Crippen molar-refractivity contribution < 1.29 is 79.0 Å². The first-order valence-corrected chi connectivity index (χ1v) is 16.1. The molecule has 0 radical (unpaired) electrons. The van der Waals surface area contributed by atoms with Crippen molar-refractivity contribution in [3.63, 3.8) is 0 Å². The highest BCUT2D eigenvalue weighted by molar-refractivity contribution is 6.14. The molecule has 0 spiro atoms. The van der Waals surface area contributed by atoms with Crippen LogP contribution in [0.3, 0.4) is 0 Å². The van der Waals surface area contributed by atoms with Gasteiger partial charge < -0.3 is 0 Å². The van der Waals surface area contributed by atoms with E-state index in [9.17, 15) is 126 Å². The second kappa shape index (κ2) is 16.3. The zero-order valence-electron chi connectivity index (χ0n) is 30.6. The van der Waals surface area contributed by atoms with Crippen LogP contribution in [0.5, 0.6) is 0 Å². The molecule has 0 aliphatic heterocycles. The summed E-state index contributed by atoms with van der Waals surface area (Å²) in [5.41, 5.74) is -49.1. The molecule has 0 heterocycles. The second-order valence-electron chi connectivity index (χ2n) is 12.5. The number of alkyl halides is 18. The van der Waals surface area contributed by atoms with Crippen LogP contribution in [-0.2, 0) is 37.1 Å². The maximum absolute atomic E-state index is 14.7. The highest BCUT2D eigenvalue weighted by Gasteiger charge is 2.52. The molecule has 0 aromatic heterocycles. The van der Waals surface area contributed by atoms with Gasteiger partial charge in [0.2, 0.25) is 0 Å². The van der Waals surface area contributed by atoms with Crippen molar-refractivity contribution in [3.05, 3.63) is 118 Å². The maximum atomic E-state index is 14.7. The van der Waals surface area contributed by atoms with Gasteiger partial charge in [-0.1, -0.05) is 0 Å². The summed E-state index contributed by atoms with van der Waals surface area (Å²) in [6.45, 7) is 0. The van der Waals surface area contributed by atoms with Crippen LogP contribution in [0.25, 0.3) is 16.7 Å². The fourth-order valence-corrected chi connectivity index (χ4v) is 6.63. The Kier molecular flexibility index (Phi) is 12.3. The zero-order valence-corrected chi connectivity index (χ0v) is 30.6. The summed E-state index contributed by atoms with van der Waals surface area (Å²) in [6, 6.07) is 3.94. The van der Waals surface area contributed by atoms with Crippen LogP contribution in [0, 0.1) is 102 Å². The summed E-state index contributed by atoms with van der Waals surface area (Å²) in [4.78, 5) is 0. The number of allylic oxidation sites excluding steroid dienone is 6. The molecule has 0 N–H and O–H groups in total. The van der Waals surface area contributed by atoms with E-state index in [1.54, 1.807) is 0 Å². The van der Waals surface area contributed by atoms with Crippen molar-refractivity contribution in [3.8, 4) is 54.6 Å². The van der Waals surface area contributed by atoms with Gasteiger partial charge in [0.25, 0.3) is 0 Å². The largest absolute Gasteiger partial charge is 0.418 e. The van der Waals surface area contributed by atoms with Crippen molar-refractivity contribution in [1.82, 2.24) is 0 Å². The molecule has 3 aromatic carbocycles. The first-order chi connectivity index (χ1) is 30.2. The third kappa shape index (κ3) is 8.31. The molecule has 4 rings (SSSR count). The second-order valence-corrected chi connectivity index (χ2v) is 12.5. The Labute approximate surface area is 353 Å². The lowest BCUT2D eigenvalue weighted by atomic mass is 9.86. The van der Waals surface area contributed by atoms with Crippen LogP contribution < -0.4 is 0 Å². The monoisotopic (exact) mass is 939 g/mol. The Morgan fingerprint density at radius 1 is 0.303 bits per heavy atom. The molecular weight excluding hydrogens is 936 g/mol. The SMILES string of the molecule is N#CC(=C1C(=C(C#N)c2c(C(F)(F)F)cc(C#N)c(C(F)(F)F)c2C#N)C1=C(C#N)c1c(C(F)(F)F)cc(C#N)c(C(F)(F)F)c1C#N)c1c(C(F)(F)F)cc(C#N)c(C(F)(F)F)c1C#N. The molecule has 9 nitrogen and oxygen atoms in total. The van der Waals surface area contributed by atoms with Crippen molar-refractivity contribution >= 4 is 16.7 Å². The van der Waals surface area contributed by atoms with Gasteiger partial charge >= 0.3 is 37.1 Å². The molecule has 0 unspecified atom stereocenters. The van der Waals surface area contributed by atoms with Gasteiger partial charge in [0, 0.05) is 33.4 Å². The van der Waals surface area contributed by atoms with E-state index in [2.05, 4.69) is 0 Å². The highest BCUT2D eigenvalue weighted by atomic mass is 19.4. The van der Waals surface area contributed by atoms with E-state index in [4.69, 9.17) is 0 Å². The Morgan fingerprint density at radius 2 is 0.500 bits per heavy atom. The average molecular weight is 939 g/mol. The molecule has 0 atom stereocenters. The lowest BCUT2D eigenvalue weighted by Crippen LogP contribution is -2.18. The summed E-state index contributed by atoms with van der Waals surface area (Å²) >= 11 is 0. The minimum Gasteiger partial charge on any atom is -0.192 e. The van der Waals surface area contributed by atoms with Crippen molar-refractivity contribution in [2.24, 2.45) is 0 Å². The Bertz CT molecular complexity index is 2840. The number of nitriles is 9. The fourth-order valence-electron chi connectivity index (χ4n) is 6.63. The number of rotatable bonds is 3. The minimum absolute atomic E-state index is 0.589. The minimum atomic E-state index is -6.17. The van der Waals surface area contributed by atoms with Crippen LogP contribution >= 0.6 is 0 Å². The number of hydrogen-bond donors (Lipinski definition) is 0. The van der Waals surface area contributed by atoms with E-state index in [0.29, 0.717) is 36.4 Å². The Morgan fingerprint density at radius 3 is 0.621 bits per heavy atom. The Hall–Kier alpha value is -8.97. The fraction of sp³-hybridized carbons (Fsp3) is 0.154. The van der Waals surface area contributed by atoms with Crippen LogP contribution in [0.1, 0.15) is 83.5 Å². The van der Waals surface area contributed by atoms with E-state index in [1.807, 2.05) is 0 Å². The van der Waals surface area contributed by atoms with Crippen molar-refractivity contribution in [2.75, 3.05) is 0 Å². The maximum Gasteiger partial charge on any atom is 0.418 e. The molecular formula is C39H3F18N9. The summed E-state index contributed by atoms with van der Waals surface area (Å²) in [5.74, 6) is 0. The molecule has 1 aliphatic carbocycles. The zero-order chi connectivity index (χ0) is 50.6. The van der Waals surface area contributed by atoms with Gasteiger partial charge in [-0.15, -0.1) is 0 Å². The molecule has 0 bridgehead atoms. The van der Waals surface area contributed by atoms with Crippen LogP contribution in [0.15, 0.2) is 34.9 Å². The van der Waals surface area contributed by atoms with Gasteiger partial charge in [-0.3, -0.25) is 0 Å². The molecule has 66 heavy (non-hydrogen) atoms. The van der Waals surface area contributed by atoms with Gasteiger partial charge in [0.1, 0.15) is 36.4 Å². The molecule has 330 valence electrons. The average Bonchev–Trinajstić information content (AvgIpc) is 3.91. The summed E-state index contributed by atoms with van der Waals surface area (Å²) < 4.78 is 262. The lowest BCUT2D eigenvalue weighted by molar-refractivity contribution is -0.141.